The van der Waals surface area contributed by atoms with E-state index in [2.05, 4.69) is 46.4 Å². The molecule has 0 radical (unpaired) electrons. The van der Waals surface area contributed by atoms with Gasteiger partial charge in [-0.2, -0.15) is 0 Å². The highest BCUT2D eigenvalue weighted by Gasteiger charge is 2.48. The second-order valence-corrected chi connectivity index (χ2v) is 12.5. The lowest BCUT2D eigenvalue weighted by molar-refractivity contribution is -0.132. The Labute approximate surface area is 268 Å². The number of ketones is 1. The molecule has 1 N–H and O–H groups in total. The van der Waals surface area contributed by atoms with Crippen LogP contribution in [0.25, 0.3) is 16.5 Å². The molecule has 228 valence electrons. The number of aromatic nitrogens is 3. The topological polar surface area (TPSA) is 115 Å². The molecule has 5 aromatic rings. The number of rotatable bonds is 11. The zero-order valence-corrected chi connectivity index (χ0v) is 26.3. The Balaban J connectivity index is 1.37. The molecule has 9 nitrogen and oxygen atoms in total. The van der Waals surface area contributed by atoms with Gasteiger partial charge in [-0.05, 0) is 52.6 Å². The highest BCUT2D eigenvalue weighted by atomic mass is 32.2. The first-order chi connectivity index (χ1) is 22.0. The van der Waals surface area contributed by atoms with Gasteiger partial charge in [0.1, 0.15) is 5.76 Å². The third kappa shape index (κ3) is 6.13. The van der Waals surface area contributed by atoms with E-state index in [0.29, 0.717) is 39.3 Å². The maximum Gasteiger partial charge on any atom is 0.301 e. The summed E-state index contributed by atoms with van der Waals surface area (Å²) < 4.78 is 12.2. The van der Waals surface area contributed by atoms with Crippen LogP contribution >= 0.6 is 23.1 Å². The first-order valence-electron chi connectivity index (χ1n) is 14.4. The van der Waals surface area contributed by atoms with Gasteiger partial charge >= 0.3 is 5.91 Å². The lowest BCUT2D eigenvalue weighted by atomic mass is 9.95. The number of aliphatic hydroxyl groups is 1. The van der Waals surface area contributed by atoms with Gasteiger partial charge in [-0.15, -0.1) is 10.2 Å². The van der Waals surface area contributed by atoms with Crippen LogP contribution in [0.2, 0.25) is 0 Å². The Kier molecular flexibility index (Phi) is 9.08. The fourth-order valence-electron chi connectivity index (χ4n) is 5.23. The van der Waals surface area contributed by atoms with E-state index in [0.717, 1.165) is 29.2 Å². The molecule has 6 rings (SSSR count). The van der Waals surface area contributed by atoms with Crippen molar-refractivity contribution in [3.63, 3.8) is 0 Å². The number of fused-ring (bicyclic) bond motifs is 1. The SMILES string of the molecule is CCCCOc1ccc(C2/C(=C(\O)c3ccncc3)C(=O)C(=O)N2c2nnc(SCc3cccc4ccccc34)s2)cc1OC. The summed E-state index contributed by atoms with van der Waals surface area (Å²) in [5.41, 5.74) is 2.00. The second-order valence-electron chi connectivity index (χ2n) is 10.3. The van der Waals surface area contributed by atoms with Crippen LogP contribution in [0.4, 0.5) is 5.13 Å². The smallest absolute Gasteiger partial charge is 0.301 e. The molecule has 1 amide bonds. The number of methoxy groups -OCH3 is 1. The van der Waals surface area contributed by atoms with Crippen LogP contribution in [0.15, 0.2) is 95.1 Å². The molecule has 2 aromatic heterocycles. The van der Waals surface area contributed by atoms with Crippen LogP contribution < -0.4 is 14.4 Å². The van der Waals surface area contributed by atoms with E-state index in [1.165, 1.54) is 47.5 Å². The summed E-state index contributed by atoms with van der Waals surface area (Å²) in [5.74, 6) is -0.292. The maximum absolute atomic E-state index is 13.7. The Morgan fingerprint density at radius 1 is 1.00 bits per heavy atom. The Bertz CT molecular complexity index is 1890. The largest absolute Gasteiger partial charge is 0.507 e. The Hall–Kier alpha value is -4.74. The monoisotopic (exact) mass is 638 g/mol. The van der Waals surface area contributed by atoms with Crippen molar-refractivity contribution in [3.05, 3.63) is 107 Å². The Morgan fingerprint density at radius 3 is 2.60 bits per heavy atom. The number of nitrogens with zero attached hydrogens (tertiary/aromatic N) is 4. The van der Waals surface area contributed by atoms with Crippen molar-refractivity contribution >= 4 is 56.5 Å². The lowest BCUT2D eigenvalue weighted by Gasteiger charge is -2.23. The van der Waals surface area contributed by atoms with Crippen LogP contribution in [-0.4, -0.2) is 45.7 Å². The van der Waals surface area contributed by atoms with E-state index in [1.54, 1.807) is 30.3 Å². The van der Waals surface area contributed by atoms with Crippen molar-refractivity contribution in [1.82, 2.24) is 15.2 Å². The van der Waals surface area contributed by atoms with Crippen molar-refractivity contribution in [3.8, 4) is 11.5 Å². The van der Waals surface area contributed by atoms with Crippen molar-refractivity contribution in [1.29, 1.82) is 0 Å². The van der Waals surface area contributed by atoms with Gasteiger partial charge in [0.05, 0.1) is 25.3 Å². The average molecular weight is 639 g/mol. The molecule has 11 heteroatoms. The standard InChI is InChI=1S/C34H30N4O5S2/c1-3-4-18-43-26-13-12-23(19-27(26)42-2)29-28(30(39)22-14-16-35-17-15-22)31(40)32(41)38(29)33-36-37-34(45-33)44-20-24-10-7-9-21-8-5-6-11-25(21)24/h5-17,19,29,39H,3-4,18,20H2,1-2H3/b30-28+. The minimum atomic E-state index is -0.986. The highest BCUT2D eigenvalue weighted by molar-refractivity contribution is 8.00. The van der Waals surface area contributed by atoms with Crippen LogP contribution in [0, 0.1) is 0 Å². The predicted octanol–water partition coefficient (Wildman–Crippen LogP) is 7.19. The summed E-state index contributed by atoms with van der Waals surface area (Å²) in [5, 5.41) is 22.7. The van der Waals surface area contributed by atoms with Gasteiger partial charge < -0.3 is 14.6 Å². The first kappa shape index (κ1) is 30.3. The van der Waals surface area contributed by atoms with Gasteiger partial charge in [0, 0.05) is 23.7 Å². The first-order valence-corrected chi connectivity index (χ1v) is 16.3. The normalized spacial score (nSPS) is 16.0. The number of amides is 1. The number of carbonyl (C=O) groups is 2. The number of thioether (sulfide) groups is 1. The van der Waals surface area contributed by atoms with Crippen LogP contribution in [0.1, 0.15) is 42.5 Å². The number of hydrogen-bond acceptors (Lipinski definition) is 10. The van der Waals surface area contributed by atoms with Crippen molar-refractivity contribution in [2.45, 2.75) is 35.9 Å². The number of carbonyl (C=O) groups excluding carboxylic acids is 2. The second kappa shape index (κ2) is 13.5. The van der Waals surface area contributed by atoms with E-state index >= 15 is 0 Å². The van der Waals surface area contributed by atoms with Crippen molar-refractivity contribution in [2.75, 3.05) is 18.6 Å². The summed E-state index contributed by atoms with van der Waals surface area (Å²) in [6, 6.07) is 21.8. The molecule has 1 atom stereocenters. The predicted molar refractivity (Wildman–Crippen MR) is 176 cm³/mol. The molecular formula is C34H30N4O5S2. The third-order valence-corrected chi connectivity index (χ3v) is 9.59. The number of benzene rings is 3. The molecule has 0 bridgehead atoms. The van der Waals surface area contributed by atoms with Crippen molar-refractivity contribution < 1.29 is 24.2 Å². The zero-order valence-electron chi connectivity index (χ0n) is 24.7. The molecule has 45 heavy (non-hydrogen) atoms. The molecule has 1 fully saturated rings. The number of pyridine rings is 1. The maximum atomic E-state index is 13.7. The van der Waals surface area contributed by atoms with E-state index in [1.807, 2.05) is 18.2 Å². The molecule has 0 spiro atoms. The summed E-state index contributed by atoms with van der Waals surface area (Å²) >= 11 is 2.72. The van der Waals surface area contributed by atoms with Crippen LogP contribution in [-0.2, 0) is 15.3 Å². The minimum Gasteiger partial charge on any atom is -0.507 e. The number of hydrogen-bond donors (Lipinski definition) is 1. The van der Waals surface area contributed by atoms with Gasteiger partial charge in [-0.3, -0.25) is 19.5 Å². The number of unbranched alkanes of at least 4 members (excludes halogenated alkanes) is 1. The van der Waals surface area contributed by atoms with Crippen molar-refractivity contribution in [2.24, 2.45) is 0 Å². The fraction of sp³-hybridized carbons (Fsp3) is 0.206. The molecule has 0 saturated carbocycles. The summed E-state index contributed by atoms with van der Waals surface area (Å²) in [4.78, 5) is 32.6. The van der Waals surface area contributed by atoms with E-state index in [9.17, 15) is 14.7 Å². The molecule has 1 saturated heterocycles. The molecule has 3 aromatic carbocycles. The number of Topliss-reactive ketones (excluding diaryl/α,β-unsaturated/α-hetero) is 1. The van der Waals surface area contributed by atoms with Crippen LogP contribution in [0.3, 0.4) is 0 Å². The minimum absolute atomic E-state index is 0.0620. The van der Waals surface area contributed by atoms with Gasteiger partial charge in [-0.25, -0.2) is 0 Å². The molecule has 3 heterocycles. The summed E-state index contributed by atoms with van der Waals surface area (Å²) in [6.45, 7) is 2.60. The van der Waals surface area contributed by atoms with E-state index in [4.69, 9.17) is 9.47 Å². The quantitative estimate of drug-likeness (QED) is 0.0401. The van der Waals surface area contributed by atoms with E-state index < -0.39 is 17.7 Å². The number of ether oxygens (including phenoxy) is 2. The van der Waals surface area contributed by atoms with Gasteiger partial charge in [-0.1, -0.05) is 85.0 Å². The van der Waals surface area contributed by atoms with Gasteiger partial charge in [0.25, 0.3) is 5.78 Å². The summed E-state index contributed by atoms with van der Waals surface area (Å²) in [6.07, 6.45) is 4.88. The van der Waals surface area contributed by atoms with Gasteiger partial charge in [0.2, 0.25) is 5.13 Å². The number of aliphatic hydroxyl groups excluding tert-OH is 1. The molecular weight excluding hydrogens is 609 g/mol. The lowest BCUT2D eigenvalue weighted by Crippen LogP contribution is -2.29. The third-order valence-electron chi connectivity index (χ3n) is 7.49. The highest BCUT2D eigenvalue weighted by Crippen LogP contribution is 2.45. The number of anilines is 1. The Morgan fingerprint density at radius 2 is 1.80 bits per heavy atom. The molecule has 0 aliphatic carbocycles. The van der Waals surface area contributed by atoms with E-state index in [-0.39, 0.29) is 16.5 Å². The zero-order chi connectivity index (χ0) is 31.3. The van der Waals surface area contributed by atoms with Crippen LogP contribution in [0.5, 0.6) is 11.5 Å². The fourth-order valence-corrected chi connectivity index (χ4v) is 7.10. The molecule has 1 aliphatic heterocycles. The summed E-state index contributed by atoms with van der Waals surface area (Å²) in [7, 11) is 1.53. The van der Waals surface area contributed by atoms with Gasteiger partial charge in [0.15, 0.2) is 15.8 Å². The molecule has 1 aliphatic rings. The average Bonchev–Trinajstić information content (AvgIpc) is 3.65. The molecule has 1 unspecified atom stereocenters.